The molecule has 0 aromatic carbocycles. The molecule has 0 aliphatic carbocycles. The van der Waals surface area contributed by atoms with Gasteiger partial charge in [-0.05, 0) is 38.1 Å². The third-order valence-corrected chi connectivity index (χ3v) is 3.20. The van der Waals surface area contributed by atoms with Gasteiger partial charge in [-0.3, -0.25) is 0 Å². The molecule has 0 bridgehead atoms. The largest absolute Gasteiger partial charge is 0.382 e. The van der Waals surface area contributed by atoms with Crippen LogP contribution in [0, 0.1) is 0 Å². The van der Waals surface area contributed by atoms with E-state index in [2.05, 4.69) is 25.6 Å². The Morgan fingerprint density at radius 2 is 2.06 bits per heavy atom. The number of rotatable bonds is 2. The zero-order valence-corrected chi connectivity index (χ0v) is 10.1. The topological polar surface area (TPSA) is 88.8 Å². The summed E-state index contributed by atoms with van der Waals surface area (Å²) in [4.78, 5) is 12.6. The van der Waals surface area contributed by atoms with Gasteiger partial charge >= 0.3 is 0 Å². The predicted octanol–water partition coefficient (Wildman–Crippen LogP) is 0.771. The molecule has 0 saturated carbocycles. The predicted molar refractivity (Wildman–Crippen MR) is 71.3 cm³/mol. The van der Waals surface area contributed by atoms with Crippen LogP contribution in [0.3, 0.4) is 0 Å². The molecule has 4 N–H and O–H groups in total. The van der Waals surface area contributed by atoms with Crippen molar-refractivity contribution in [3.8, 4) is 0 Å². The van der Waals surface area contributed by atoms with Crippen molar-refractivity contribution in [3.05, 3.63) is 18.5 Å². The highest BCUT2D eigenvalue weighted by Gasteiger charge is 2.13. The van der Waals surface area contributed by atoms with E-state index in [1.807, 2.05) is 12.1 Å². The Balaban J connectivity index is 1.86. The van der Waals surface area contributed by atoms with Gasteiger partial charge in [0, 0.05) is 6.04 Å². The number of pyridine rings is 1. The number of piperidine rings is 1. The fourth-order valence-corrected chi connectivity index (χ4v) is 2.21. The van der Waals surface area contributed by atoms with Crippen LogP contribution in [0.25, 0.3) is 11.0 Å². The van der Waals surface area contributed by atoms with Crippen molar-refractivity contribution >= 4 is 22.7 Å². The van der Waals surface area contributed by atoms with Crippen molar-refractivity contribution in [1.82, 2.24) is 20.3 Å². The Morgan fingerprint density at radius 1 is 1.22 bits per heavy atom. The lowest BCUT2D eigenvalue weighted by Crippen LogP contribution is -2.35. The standard InChI is InChI=1S/C12H16N6/c13-12-11-9(15-7-16-12)1-2-10(18-11)17-8-3-5-14-6-4-8/h1-2,7-8,14H,3-6H2,(H,17,18)(H2,13,15,16). The van der Waals surface area contributed by atoms with Crippen LogP contribution >= 0.6 is 0 Å². The third kappa shape index (κ3) is 2.19. The summed E-state index contributed by atoms with van der Waals surface area (Å²) < 4.78 is 0. The maximum Gasteiger partial charge on any atom is 0.153 e. The minimum absolute atomic E-state index is 0.425. The fraction of sp³-hybridized carbons (Fsp3) is 0.417. The first kappa shape index (κ1) is 11.2. The molecule has 0 radical (unpaired) electrons. The van der Waals surface area contributed by atoms with Crippen molar-refractivity contribution in [2.75, 3.05) is 24.1 Å². The zero-order chi connectivity index (χ0) is 12.4. The van der Waals surface area contributed by atoms with Crippen LogP contribution < -0.4 is 16.4 Å². The number of nitrogens with zero attached hydrogens (tertiary/aromatic N) is 3. The van der Waals surface area contributed by atoms with E-state index < -0.39 is 0 Å². The van der Waals surface area contributed by atoms with Crippen LogP contribution in [0.1, 0.15) is 12.8 Å². The summed E-state index contributed by atoms with van der Waals surface area (Å²) in [6.45, 7) is 2.10. The summed E-state index contributed by atoms with van der Waals surface area (Å²) in [5.74, 6) is 1.27. The van der Waals surface area contributed by atoms with E-state index in [-0.39, 0.29) is 0 Å². The second-order valence-corrected chi connectivity index (χ2v) is 4.49. The van der Waals surface area contributed by atoms with Crippen LogP contribution in [-0.4, -0.2) is 34.1 Å². The average molecular weight is 244 g/mol. The summed E-state index contributed by atoms with van der Waals surface area (Å²) in [6, 6.07) is 4.34. The van der Waals surface area contributed by atoms with Gasteiger partial charge in [0.25, 0.3) is 0 Å². The number of fused-ring (bicyclic) bond motifs is 1. The summed E-state index contributed by atoms with van der Waals surface area (Å²) >= 11 is 0. The number of nitrogens with one attached hydrogen (secondary N) is 2. The maximum atomic E-state index is 5.81. The molecule has 1 saturated heterocycles. The molecular formula is C12H16N6. The molecule has 0 spiro atoms. The molecule has 0 unspecified atom stereocenters. The van der Waals surface area contributed by atoms with Gasteiger partial charge in [0.1, 0.15) is 17.7 Å². The first-order valence-electron chi connectivity index (χ1n) is 6.17. The summed E-state index contributed by atoms with van der Waals surface area (Å²) in [7, 11) is 0. The normalized spacial score (nSPS) is 16.9. The second kappa shape index (κ2) is 4.73. The van der Waals surface area contributed by atoms with E-state index in [9.17, 15) is 0 Å². The summed E-state index contributed by atoms with van der Waals surface area (Å²) in [5, 5.41) is 6.78. The lowest BCUT2D eigenvalue weighted by Gasteiger charge is -2.24. The highest BCUT2D eigenvalue weighted by atomic mass is 15.1. The van der Waals surface area contributed by atoms with Gasteiger partial charge in [0.15, 0.2) is 5.82 Å². The van der Waals surface area contributed by atoms with Crippen LogP contribution in [-0.2, 0) is 0 Å². The van der Waals surface area contributed by atoms with Crippen molar-refractivity contribution < 1.29 is 0 Å². The van der Waals surface area contributed by atoms with E-state index in [1.165, 1.54) is 6.33 Å². The number of hydrogen-bond acceptors (Lipinski definition) is 6. The van der Waals surface area contributed by atoms with Gasteiger partial charge in [-0.25, -0.2) is 15.0 Å². The monoisotopic (exact) mass is 244 g/mol. The number of hydrogen-bond donors (Lipinski definition) is 3. The molecule has 6 nitrogen and oxygen atoms in total. The molecular weight excluding hydrogens is 228 g/mol. The number of aromatic nitrogens is 3. The molecule has 3 rings (SSSR count). The molecule has 2 aromatic rings. The van der Waals surface area contributed by atoms with E-state index in [0.717, 1.165) is 37.3 Å². The van der Waals surface area contributed by atoms with Gasteiger partial charge in [-0.15, -0.1) is 0 Å². The van der Waals surface area contributed by atoms with E-state index in [1.54, 1.807) is 0 Å². The van der Waals surface area contributed by atoms with Crippen LogP contribution in [0.4, 0.5) is 11.6 Å². The Hall–Kier alpha value is -1.95. The first-order valence-corrected chi connectivity index (χ1v) is 6.17. The number of anilines is 2. The van der Waals surface area contributed by atoms with Gasteiger partial charge in [-0.1, -0.05) is 0 Å². The molecule has 2 aromatic heterocycles. The molecule has 6 heteroatoms. The van der Waals surface area contributed by atoms with Crippen molar-refractivity contribution in [2.45, 2.75) is 18.9 Å². The van der Waals surface area contributed by atoms with Crippen LogP contribution in [0.5, 0.6) is 0 Å². The van der Waals surface area contributed by atoms with Gasteiger partial charge in [0.05, 0.1) is 5.52 Å². The lowest BCUT2D eigenvalue weighted by molar-refractivity contribution is 0.478. The van der Waals surface area contributed by atoms with Crippen molar-refractivity contribution in [1.29, 1.82) is 0 Å². The molecule has 94 valence electrons. The molecule has 0 atom stereocenters. The smallest absolute Gasteiger partial charge is 0.153 e. The SMILES string of the molecule is Nc1ncnc2ccc(NC3CCNCC3)nc12. The zero-order valence-electron chi connectivity index (χ0n) is 10.1. The highest BCUT2D eigenvalue weighted by molar-refractivity contribution is 5.84. The number of nitrogens with two attached hydrogens (primary N) is 1. The van der Waals surface area contributed by atoms with Crippen LogP contribution in [0.2, 0.25) is 0 Å². The van der Waals surface area contributed by atoms with E-state index >= 15 is 0 Å². The Bertz CT molecular complexity index is 549. The van der Waals surface area contributed by atoms with Crippen LogP contribution in [0.15, 0.2) is 18.5 Å². The Kier molecular flexibility index (Phi) is 2.93. The number of nitrogen functional groups attached to an aromatic ring is 1. The molecule has 18 heavy (non-hydrogen) atoms. The molecule has 3 heterocycles. The molecule has 1 aliphatic heterocycles. The molecule has 0 amide bonds. The Morgan fingerprint density at radius 3 is 2.89 bits per heavy atom. The van der Waals surface area contributed by atoms with E-state index in [0.29, 0.717) is 17.4 Å². The van der Waals surface area contributed by atoms with Gasteiger partial charge in [-0.2, -0.15) is 0 Å². The summed E-state index contributed by atoms with van der Waals surface area (Å²) in [5.41, 5.74) is 7.25. The molecule has 1 fully saturated rings. The second-order valence-electron chi connectivity index (χ2n) is 4.49. The maximum absolute atomic E-state index is 5.81. The van der Waals surface area contributed by atoms with Gasteiger partial charge < -0.3 is 16.4 Å². The quantitative estimate of drug-likeness (QED) is 0.723. The first-order chi connectivity index (χ1) is 8.83. The summed E-state index contributed by atoms with van der Waals surface area (Å²) in [6.07, 6.45) is 3.68. The highest BCUT2D eigenvalue weighted by Crippen LogP contribution is 2.18. The average Bonchev–Trinajstić information content (AvgIpc) is 2.41. The fourth-order valence-electron chi connectivity index (χ4n) is 2.21. The third-order valence-electron chi connectivity index (χ3n) is 3.20. The Labute approximate surface area is 105 Å². The lowest BCUT2D eigenvalue weighted by atomic mass is 10.1. The minimum atomic E-state index is 0.425. The minimum Gasteiger partial charge on any atom is -0.382 e. The van der Waals surface area contributed by atoms with Gasteiger partial charge in [0.2, 0.25) is 0 Å². The van der Waals surface area contributed by atoms with Crippen molar-refractivity contribution in [2.24, 2.45) is 0 Å². The van der Waals surface area contributed by atoms with E-state index in [4.69, 9.17) is 5.73 Å². The van der Waals surface area contributed by atoms with Crippen molar-refractivity contribution in [3.63, 3.8) is 0 Å². The molecule has 1 aliphatic rings.